The van der Waals surface area contributed by atoms with Gasteiger partial charge in [-0.2, -0.15) is 0 Å². The van der Waals surface area contributed by atoms with Crippen molar-refractivity contribution in [2.45, 2.75) is 34.1 Å². The Balaban J connectivity index is 2.21. The van der Waals surface area contributed by atoms with Gasteiger partial charge in [0.1, 0.15) is 11.5 Å². The zero-order chi connectivity index (χ0) is 13.3. The second-order valence-corrected chi connectivity index (χ2v) is 4.85. The normalized spacial score (nSPS) is 10.7. The smallest absolute Gasteiger partial charge is 0.170 e. The molecular weight excluding hydrogens is 224 g/mol. The van der Waals surface area contributed by atoms with Crippen LogP contribution in [-0.2, 0) is 6.42 Å². The molecule has 0 aliphatic rings. The van der Waals surface area contributed by atoms with Crippen LogP contribution in [-0.4, -0.2) is 5.78 Å². The Morgan fingerprint density at radius 2 is 1.78 bits per heavy atom. The van der Waals surface area contributed by atoms with E-state index in [1.165, 1.54) is 11.1 Å². The fraction of sp³-hybridized carbons (Fsp3) is 0.312. The van der Waals surface area contributed by atoms with E-state index in [2.05, 4.69) is 26.0 Å². The third-order valence-electron chi connectivity index (χ3n) is 3.28. The van der Waals surface area contributed by atoms with E-state index in [-0.39, 0.29) is 5.78 Å². The number of hydrogen-bond donors (Lipinski definition) is 0. The molecule has 0 bridgehead atoms. The number of carbonyl (C=O) groups excluding carboxylic acids is 1. The fourth-order valence-electron chi connectivity index (χ4n) is 2.10. The van der Waals surface area contributed by atoms with E-state index in [1.54, 1.807) is 0 Å². The summed E-state index contributed by atoms with van der Waals surface area (Å²) in [5, 5.41) is 0. The molecule has 0 atom stereocenters. The first-order chi connectivity index (χ1) is 8.47. The van der Waals surface area contributed by atoms with Crippen LogP contribution in [0.15, 0.2) is 28.7 Å². The van der Waals surface area contributed by atoms with Crippen LogP contribution in [0.1, 0.15) is 38.6 Å². The Bertz CT molecular complexity index is 591. The lowest BCUT2D eigenvalue weighted by Gasteiger charge is -2.04. The summed E-state index contributed by atoms with van der Waals surface area (Å²) in [5.41, 5.74) is 4.23. The van der Waals surface area contributed by atoms with Crippen LogP contribution in [0.25, 0.3) is 0 Å². The van der Waals surface area contributed by atoms with Gasteiger partial charge in [-0.25, -0.2) is 0 Å². The highest BCUT2D eigenvalue weighted by atomic mass is 16.3. The third-order valence-corrected chi connectivity index (χ3v) is 3.28. The highest BCUT2D eigenvalue weighted by Gasteiger charge is 2.14. The number of ketones is 1. The Kier molecular flexibility index (Phi) is 3.37. The molecule has 0 amide bonds. The van der Waals surface area contributed by atoms with E-state index in [0.29, 0.717) is 17.7 Å². The first-order valence-electron chi connectivity index (χ1n) is 6.13. The molecular formula is C16H18O2. The van der Waals surface area contributed by atoms with Gasteiger partial charge < -0.3 is 4.42 Å². The fourth-order valence-corrected chi connectivity index (χ4v) is 2.10. The van der Waals surface area contributed by atoms with Gasteiger partial charge in [-0.15, -0.1) is 0 Å². The highest BCUT2D eigenvalue weighted by Crippen LogP contribution is 2.17. The molecule has 0 radical (unpaired) electrons. The second-order valence-electron chi connectivity index (χ2n) is 4.85. The number of Topliss-reactive ketones (excluding diaryl/α,β-unsaturated/α-hetero) is 1. The lowest BCUT2D eigenvalue weighted by molar-refractivity contribution is 0.0991. The molecule has 0 unspecified atom stereocenters. The summed E-state index contributed by atoms with van der Waals surface area (Å²) < 4.78 is 5.40. The molecule has 2 nitrogen and oxygen atoms in total. The SMILES string of the molecule is Cc1cc(C(=O)Cc2ccc(C)c(C)c2)c(C)o1. The summed E-state index contributed by atoms with van der Waals surface area (Å²) in [7, 11) is 0. The number of rotatable bonds is 3. The molecule has 2 rings (SSSR count). The van der Waals surface area contributed by atoms with Crippen molar-refractivity contribution in [1.29, 1.82) is 0 Å². The molecule has 94 valence electrons. The predicted octanol–water partition coefficient (Wildman–Crippen LogP) is 3.94. The van der Waals surface area contributed by atoms with Crippen molar-refractivity contribution in [3.05, 3.63) is 58.0 Å². The lowest BCUT2D eigenvalue weighted by Crippen LogP contribution is -2.04. The van der Waals surface area contributed by atoms with Crippen LogP contribution in [0.4, 0.5) is 0 Å². The van der Waals surface area contributed by atoms with Crippen molar-refractivity contribution in [2.75, 3.05) is 0 Å². The van der Waals surface area contributed by atoms with Crippen LogP contribution < -0.4 is 0 Å². The van der Waals surface area contributed by atoms with Crippen LogP contribution in [0.3, 0.4) is 0 Å². The Morgan fingerprint density at radius 3 is 2.33 bits per heavy atom. The zero-order valence-electron chi connectivity index (χ0n) is 11.3. The van der Waals surface area contributed by atoms with E-state index in [4.69, 9.17) is 4.42 Å². The highest BCUT2D eigenvalue weighted by molar-refractivity contribution is 5.98. The van der Waals surface area contributed by atoms with Crippen molar-refractivity contribution >= 4 is 5.78 Å². The van der Waals surface area contributed by atoms with Gasteiger partial charge >= 0.3 is 0 Å². The van der Waals surface area contributed by atoms with Crippen molar-refractivity contribution in [3.63, 3.8) is 0 Å². The van der Waals surface area contributed by atoms with E-state index in [1.807, 2.05) is 26.0 Å². The average molecular weight is 242 g/mol. The average Bonchev–Trinajstić information content (AvgIpc) is 2.63. The van der Waals surface area contributed by atoms with E-state index in [9.17, 15) is 4.79 Å². The summed E-state index contributed by atoms with van der Waals surface area (Å²) in [6.45, 7) is 7.83. The van der Waals surface area contributed by atoms with Crippen molar-refractivity contribution < 1.29 is 9.21 Å². The summed E-state index contributed by atoms with van der Waals surface area (Å²) in [6, 6.07) is 7.97. The standard InChI is InChI=1S/C16H18O2/c1-10-5-6-14(7-11(10)2)9-16(17)15-8-12(3)18-13(15)4/h5-8H,9H2,1-4H3. The van der Waals surface area contributed by atoms with Crippen LogP contribution in [0.2, 0.25) is 0 Å². The van der Waals surface area contributed by atoms with E-state index in [0.717, 1.165) is 11.3 Å². The van der Waals surface area contributed by atoms with E-state index < -0.39 is 0 Å². The molecule has 1 aromatic carbocycles. The third kappa shape index (κ3) is 2.53. The van der Waals surface area contributed by atoms with Gasteiger partial charge in [0.2, 0.25) is 0 Å². The van der Waals surface area contributed by atoms with Gasteiger partial charge in [0.15, 0.2) is 5.78 Å². The molecule has 2 heteroatoms. The first-order valence-corrected chi connectivity index (χ1v) is 6.13. The maximum absolute atomic E-state index is 12.2. The maximum Gasteiger partial charge on any atom is 0.170 e. The first kappa shape index (κ1) is 12.6. The van der Waals surface area contributed by atoms with Crippen LogP contribution in [0, 0.1) is 27.7 Å². The second kappa shape index (κ2) is 4.81. The molecule has 0 saturated heterocycles. The molecule has 18 heavy (non-hydrogen) atoms. The molecule has 0 N–H and O–H groups in total. The molecule has 0 spiro atoms. The number of hydrogen-bond acceptors (Lipinski definition) is 2. The largest absolute Gasteiger partial charge is 0.466 e. The van der Waals surface area contributed by atoms with Crippen molar-refractivity contribution in [2.24, 2.45) is 0 Å². The Morgan fingerprint density at radius 1 is 1.06 bits per heavy atom. The van der Waals surface area contributed by atoms with Crippen LogP contribution >= 0.6 is 0 Å². The number of benzene rings is 1. The van der Waals surface area contributed by atoms with Gasteiger partial charge in [-0.3, -0.25) is 4.79 Å². The number of furan rings is 1. The predicted molar refractivity (Wildman–Crippen MR) is 72.1 cm³/mol. The van der Waals surface area contributed by atoms with Crippen molar-refractivity contribution in [1.82, 2.24) is 0 Å². The monoisotopic (exact) mass is 242 g/mol. The summed E-state index contributed by atoms with van der Waals surface area (Å²) >= 11 is 0. The van der Waals surface area contributed by atoms with Crippen molar-refractivity contribution in [3.8, 4) is 0 Å². The Labute approximate surface area is 108 Å². The topological polar surface area (TPSA) is 30.2 Å². The van der Waals surface area contributed by atoms with Gasteiger partial charge in [-0.1, -0.05) is 18.2 Å². The van der Waals surface area contributed by atoms with Gasteiger partial charge in [0, 0.05) is 6.42 Å². The summed E-state index contributed by atoms with van der Waals surface area (Å²) in [5.74, 6) is 1.62. The maximum atomic E-state index is 12.2. The minimum atomic E-state index is 0.118. The minimum absolute atomic E-state index is 0.118. The number of aryl methyl sites for hydroxylation is 4. The molecule has 1 heterocycles. The molecule has 0 fully saturated rings. The molecule has 2 aromatic rings. The van der Waals surface area contributed by atoms with Gasteiger partial charge in [0.05, 0.1) is 5.56 Å². The minimum Gasteiger partial charge on any atom is -0.466 e. The molecule has 1 aromatic heterocycles. The molecule has 0 aliphatic heterocycles. The van der Waals surface area contributed by atoms with Crippen LogP contribution in [0.5, 0.6) is 0 Å². The zero-order valence-corrected chi connectivity index (χ0v) is 11.3. The van der Waals surface area contributed by atoms with Gasteiger partial charge in [-0.05, 0) is 50.5 Å². The van der Waals surface area contributed by atoms with E-state index >= 15 is 0 Å². The Hall–Kier alpha value is -1.83. The molecule has 0 saturated carbocycles. The number of carbonyl (C=O) groups is 1. The molecule has 0 aliphatic carbocycles. The summed E-state index contributed by atoms with van der Waals surface area (Å²) in [4.78, 5) is 12.2. The summed E-state index contributed by atoms with van der Waals surface area (Å²) in [6.07, 6.45) is 0.431. The lowest BCUT2D eigenvalue weighted by atomic mass is 10.00. The quantitative estimate of drug-likeness (QED) is 0.763. The van der Waals surface area contributed by atoms with Gasteiger partial charge in [0.25, 0.3) is 0 Å².